The highest BCUT2D eigenvalue weighted by Crippen LogP contribution is 2.35. The van der Waals surface area contributed by atoms with Crippen molar-refractivity contribution >= 4 is 0 Å². The highest BCUT2D eigenvalue weighted by molar-refractivity contribution is 4.77. The highest BCUT2D eigenvalue weighted by atomic mass is 16.3. The summed E-state index contributed by atoms with van der Waals surface area (Å²) >= 11 is 0. The third-order valence-corrected chi connectivity index (χ3v) is 3.63. The Hall–Kier alpha value is -0.0400. The lowest BCUT2D eigenvalue weighted by Crippen LogP contribution is -2.24. The van der Waals surface area contributed by atoms with Crippen LogP contribution in [0.5, 0.6) is 0 Å². The van der Waals surface area contributed by atoms with Crippen LogP contribution < -0.4 is 0 Å². The largest absolute Gasteiger partial charge is 0.393 e. The molecule has 0 aliphatic heterocycles. The van der Waals surface area contributed by atoms with Gasteiger partial charge in [0.2, 0.25) is 0 Å². The van der Waals surface area contributed by atoms with Gasteiger partial charge < -0.3 is 5.11 Å². The summed E-state index contributed by atoms with van der Waals surface area (Å²) in [6.07, 6.45) is 5.99. The summed E-state index contributed by atoms with van der Waals surface area (Å²) in [5.74, 6) is 3.13. The van der Waals surface area contributed by atoms with Crippen LogP contribution in [0.3, 0.4) is 0 Å². The molecule has 0 aromatic rings. The van der Waals surface area contributed by atoms with Crippen LogP contribution in [0.2, 0.25) is 0 Å². The first-order chi connectivity index (χ1) is 6.97. The molecule has 1 heteroatoms. The average Bonchev–Trinajstić information content (AvgIpc) is 1.98. The molecule has 1 fully saturated rings. The van der Waals surface area contributed by atoms with E-state index in [1.54, 1.807) is 0 Å². The summed E-state index contributed by atoms with van der Waals surface area (Å²) in [5, 5.41) is 9.94. The van der Waals surface area contributed by atoms with Gasteiger partial charge in [-0.2, -0.15) is 0 Å². The van der Waals surface area contributed by atoms with Gasteiger partial charge in [-0.05, 0) is 55.8 Å². The zero-order valence-corrected chi connectivity index (χ0v) is 10.9. The van der Waals surface area contributed by atoms with Gasteiger partial charge in [-0.15, -0.1) is 0 Å². The van der Waals surface area contributed by atoms with Gasteiger partial charge in [0, 0.05) is 0 Å². The van der Waals surface area contributed by atoms with Gasteiger partial charge in [-0.1, -0.05) is 27.7 Å². The van der Waals surface area contributed by atoms with E-state index in [-0.39, 0.29) is 6.10 Å². The number of rotatable bonds is 4. The molecule has 15 heavy (non-hydrogen) atoms. The first kappa shape index (κ1) is 13.0. The molecule has 90 valence electrons. The Labute approximate surface area is 95.3 Å². The summed E-state index contributed by atoms with van der Waals surface area (Å²) in [6, 6.07) is 0. The lowest BCUT2D eigenvalue weighted by atomic mass is 9.74. The van der Waals surface area contributed by atoms with Crippen LogP contribution in [-0.4, -0.2) is 11.2 Å². The van der Waals surface area contributed by atoms with E-state index < -0.39 is 0 Å². The maximum absolute atomic E-state index is 9.94. The van der Waals surface area contributed by atoms with Crippen molar-refractivity contribution in [3.8, 4) is 0 Å². The van der Waals surface area contributed by atoms with E-state index in [1.165, 1.54) is 19.3 Å². The van der Waals surface area contributed by atoms with Crippen molar-refractivity contribution in [2.45, 2.75) is 65.9 Å². The van der Waals surface area contributed by atoms with Crippen molar-refractivity contribution in [1.29, 1.82) is 0 Å². The predicted octanol–water partition coefficient (Wildman–Crippen LogP) is 3.86. The number of aliphatic hydroxyl groups excluding tert-OH is 1. The fraction of sp³-hybridized carbons (Fsp3) is 1.00. The SMILES string of the molecule is CC(C)CC(O)CC1CC(C)CC(C)C1. The molecule has 0 saturated heterocycles. The van der Waals surface area contributed by atoms with E-state index in [1.807, 2.05) is 0 Å². The molecule has 1 aliphatic rings. The van der Waals surface area contributed by atoms with Crippen molar-refractivity contribution in [1.82, 2.24) is 0 Å². The third-order valence-electron chi connectivity index (χ3n) is 3.63. The van der Waals surface area contributed by atoms with Gasteiger partial charge in [-0.3, -0.25) is 0 Å². The molecule has 0 bridgehead atoms. The van der Waals surface area contributed by atoms with Crippen molar-refractivity contribution in [3.63, 3.8) is 0 Å². The molecular formula is C14H28O. The van der Waals surface area contributed by atoms with E-state index in [9.17, 15) is 5.11 Å². The molecule has 3 atom stereocenters. The summed E-state index contributed by atoms with van der Waals surface area (Å²) in [7, 11) is 0. The zero-order valence-electron chi connectivity index (χ0n) is 10.9. The van der Waals surface area contributed by atoms with Gasteiger partial charge in [0.25, 0.3) is 0 Å². The second kappa shape index (κ2) is 5.89. The Kier molecular flexibility index (Phi) is 5.11. The van der Waals surface area contributed by atoms with Gasteiger partial charge in [-0.25, -0.2) is 0 Å². The smallest absolute Gasteiger partial charge is 0.0545 e. The predicted molar refractivity (Wildman–Crippen MR) is 65.7 cm³/mol. The molecule has 3 unspecified atom stereocenters. The molecule has 0 radical (unpaired) electrons. The Bertz CT molecular complexity index is 166. The van der Waals surface area contributed by atoms with Crippen LogP contribution in [0.1, 0.15) is 59.8 Å². The van der Waals surface area contributed by atoms with E-state index in [2.05, 4.69) is 27.7 Å². The maximum atomic E-state index is 9.94. The Balaban J connectivity index is 2.30. The molecule has 0 heterocycles. The van der Waals surface area contributed by atoms with Gasteiger partial charge >= 0.3 is 0 Å². The molecule has 1 nitrogen and oxygen atoms in total. The molecule has 0 spiro atoms. The quantitative estimate of drug-likeness (QED) is 0.750. The summed E-state index contributed by atoms with van der Waals surface area (Å²) < 4.78 is 0. The van der Waals surface area contributed by atoms with E-state index in [0.29, 0.717) is 5.92 Å². The van der Waals surface area contributed by atoms with Gasteiger partial charge in [0.05, 0.1) is 6.10 Å². The standard InChI is InChI=1S/C14H28O/c1-10(2)5-14(15)9-13-7-11(3)6-12(4)8-13/h10-15H,5-9H2,1-4H3. The topological polar surface area (TPSA) is 20.2 Å². The second-order valence-corrected chi connectivity index (χ2v) is 6.30. The van der Waals surface area contributed by atoms with Crippen LogP contribution >= 0.6 is 0 Å². The number of aliphatic hydroxyl groups is 1. The lowest BCUT2D eigenvalue weighted by molar-refractivity contribution is 0.0925. The van der Waals surface area contributed by atoms with E-state index in [4.69, 9.17) is 0 Å². The summed E-state index contributed by atoms with van der Waals surface area (Å²) in [5.41, 5.74) is 0. The molecule has 1 saturated carbocycles. The summed E-state index contributed by atoms with van der Waals surface area (Å²) in [4.78, 5) is 0. The first-order valence-corrected chi connectivity index (χ1v) is 6.65. The fourth-order valence-electron chi connectivity index (χ4n) is 3.33. The fourth-order valence-corrected chi connectivity index (χ4v) is 3.33. The van der Waals surface area contributed by atoms with Crippen molar-refractivity contribution in [2.75, 3.05) is 0 Å². The average molecular weight is 212 g/mol. The third kappa shape index (κ3) is 5.01. The molecule has 1 N–H and O–H groups in total. The van der Waals surface area contributed by atoms with Crippen LogP contribution in [0, 0.1) is 23.7 Å². The Morgan fingerprint density at radius 3 is 2.07 bits per heavy atom. The van der Waals surface area contributed by atoms with Crippen molar-refractivity contribution < 1.29 is 5.11 Å². The molecule has 1 aliphatic carbocycles. The van der Waals surface area contributed by atoms with Crippen LogP contribution in [0.25, 0.3) is 0 Å². The van der Waals surface area contributed by atoms with Crippen LogP contribution in [-0.2, 0) is 0 Å². The minimum atomic E-state index is -0.0625. The molecular weight excluding hydrogens is 184 g/mol. The van der Waals surface area contributed by atoms with Gasteiger partial charge in [0.15, 0.2) is 0 Å². The van der Waals surface area contributed by atoms with Crippen LogP contribution in [0.15, 0.2) is 0 Å². The van der Waals surface area contributed by atoms with Gasteiger partial charge in [0.1, 0.15) is 0 Å². The highest BCUT2D eigenvalue weighted by Gasteiger charge is 2.25. The molecule has 1 rings (SSSR count). The minimum Gasteiger partial charge on any atom is -0.393 e. The van der Waals surface area contributed by atoms with Crippen LogP contribution in [0.4, 0.5) is 0 Å². The maximum Gasteiger partial charge on any atom is 0.0545 e. The minimum absolute atomic E-state index is 0.0625. The lowest BCUT2D eigenvalue weighted by Gasteiger charge is -2.32. The molecule has 0 aromatic heterocycles. The van der Waals surface area contributed by atoms with Crippen molar-refractivity contribution in [2.24, 2.45) is 23.7 Å². The second-order valence-electron chi connectivity index (χ2n) is 6.30. The monoisotopic (exact) mass is 212 g/mol. The number of hydrogen-bond acceptors (Lipinski definition) is 1. The molecule has 0 aromatic carbocycles. The summed E-state index contributed by atoms with van der Waals surface area (Å²) in [6.45, 7) is 9.10. The molecule has 0 amide bonds. The van der Waals surface area contributed by atoms with E-state index >= 15 is 0 Å². The normalized spacial score (nSPS) is 34.4. The number of hydrogen-bond donors (Lipinski definition) is 1. The first-order valence-electron chi connectivity index (χ1n) is 6.65. The zero-order chi connectivity index (χ0) is 11.4. The van der Waals surface area contributed by atoms with Crippen molar-refractivity contribution in [3.05, 3.63) is 0 Å². The Morgan fingerprint density at radius 1 is 1.07 bits per heavy atom. The Morgan fingerprint density at radius 2 is 1.60 bits per heavy atom. The van der Waals surface area contributed by atoms with E-state index in [0.717, 1.165) is 30.6 Å².